The molecule has 1 N–H and O–H groups in total. The first kappa shape index (κ1) is 14.2. The summed E-state index contributed by atoms with van der Waals surface area (Å²) in [5, 5.41) is 5.12. The zero-order chi connectivity index (χ0) is 14.2. The Bertz CT molecular complexity index is 495. The highest BCUT2D eigenvalue weighted by Gasteiger charge is 2.42. The van der Waals surface area contributed by atoms with Crippen molar-refractivity contribution < 1.29 is 0 Å². The SMILES string of the molecule is CCCNCC1CCCc2sc(C3CC4CCC3C4)nc21. The van der Waals surface area contributed by atoms with E-state index in [1.165, 1.54) is 62.1 Å². The second kappa shape index (κ2) is 6.00. The highest BCUT2D eigenvalue weighted by atomic mass is 32.1. The predicted molar refractivity (Wildman–Crippen MR) is 89.1 cm³/mol. The standard InChI is InChI=1S/C18H28N2S/c1-2-8-19-11-14-4-3-5-16-17(14)20-18(21-16)15-10-12-6-7-13(15)9-12/h12-15,19H,2-11H2,1H3. The highest BCUT2D eigenvalue weighted by Crippen LogP contribution is 2.54. The van der Waals surface area contributed by atoms with Crippen LogP contribution >= 0.6 is 11.3 Å². The summed E-state index contributed by atoms with van der Waals surface area (Å²) in [6.07, 6.45) is 11.1. The van der Waals surface area contributed by atoms with E-state index in [2.05, 4.69) is 23.6 Å². The number of hydrogen-bond donors (Lipinski definition) is 1. The minimum atomic E-state index is 0.684. The molecule has 2 saturated carbocycles. The number of nitrogens with zero attached hydrogens (tertiary/aromatic N) is 1. The first-order valence-corrected chi connectivity index (χ1v) is 9.87. The summed E-state index contributed by atoms with van der Waals surface area (Å²) in [5.74, 6) is 3.51. The van der Waals surface area contributed by atoms with Gasteiger partial charge in [0.25, 0.3) is 0 Å². The summed E-state index contributed by atoms with van der Waals surface area (Å²) in [6, 6.07) is 0. The second-order valence-corrected chi connectivity index (χ2v) is 8.55. The molecular weight excluding hydrogens is 276 g/mol. The van der Waals surface area contributed by atoms with Gasteiger partial charge in [-0.15, -0.1) is 11.3 Å². The molecule has 3 aliphatic carbocycles. The Morgan fingerprint density at radius 2 is 2.19 bits per heavy atom. The van der Waals surface area contributed by atoms with E-state index in [9.17, 15) is 0 Å². The molecule has 2 bridgehead atoms. The molecule has 3 heteroatoms. The molecule has 4 atom stereocenters. The number of nitrogens with one attached hydrogen (secondary N) is 1. The summed E-state index contributed by atoms with van der Waals surface area (Å²) in [5.41, 5.74) is 1.48. The van der Waals surface area contributed by atoms with Crippen LogP contribution in [0.5, 0.6) is 0 Å². The molecule has 4 rings (SSSR count). The number of thiazole rings is 1. The molecule has 1 heterocycles. The first-order chi connectivity index (χ1) is 10.3. The smallest absolute Gasteiger partial charge is 0.0965 e. The maximum Gasteiger partial charge on any atom is 0.0965 e. The molecule has 0 amide bonds. The van der Waals surface area contributed by atoms with Crippen molar-refractivity contribution in [3.05, 3.63) is 15.6 Å². The van der Waals surface area contributed by atoms with Gasteiger partial charge < -0.3 is 5.32 Å². The zero-order valence-electron chi connectivity index (χ0n) is 13.2. The lowest BCUT2D eigenvalue weighted by molar-refractivity contribution is 0.417. The molecule has 0 radical (unpaired) electrons. The Morgan fingerprint density at radius 3 is 2.95 bits per heavy atom. The van der Waals surface area contributed by atoms with Crippen LogP contribution in [0.15, 0.2) is 0 Å². The number of aromatic nitrogens is 1. The van der Waals surface area contributed by atoms with Crippen LogP contribution in [-0.2, 0) is 6.42 Å². The van der Waals surface area contributed by atoms with Gasteiger partial charge in [-0.25, -0.2) is 4.98 Å². The normalized spacial score (nSPS) is 34.3. The highest BCUT2D eigenvalue weighted by molar-refractivity contribution is 7.11. The molecule has 1 aromatic rings. The molecule has 21 heavy (non-hydrogen) atoms. The molecule has 2 fully saturated rings. The van der Waals surface area contributed by atoms with Crippen LogP contribution in [0.4, 0.5) is 0 Å². The van der Waals surface area contributed by atoms with Gasteiger partial charge in [0.1, 0.15) is 0 Å². The lowest BCUT2D eigenvalue weighted by atomic mass is 9.88. The van der Waals surface area contributed by atoms with E-state index in [0.717, 1.165) is 30.8 Å². The maximum atomic E-state index is 5.19. The van der Waals surface area contributed by atoms with Crippen molar-refractivity contribution in [2.45, 2.75) is 70.1 Å². The molecule has 4 unspecified atom stereocenters. The van der Waals surface area contributed by atoms with E-state index in [-0.39, 0.29) is 0 Å². The molecule has 0 aromatic carbocycles. The van der Waals surface area contributed by atoms with Gasteiger partial charge in [0.2, 0.25) is 0 Å². The largest absolute Gasteiger partial charge is 0.316 e. The van der Waals surface area contributed by atoms with Crippen molar-refractivity contribution in [1.29, 1.82) is 0 Å². The Balaban J connectivity index is 1.51. The van der Waals surface area contributed by atoms with Gasteiger partial charge in [0.15, 0.2) is 0 Å². The van der Waals surface area contributed by atoms with Gasteiger partial charge >= 0.3 is 0 Å². The molecule has 0 spiro atoms. The number of aryl methyl sites for hydroxylation is 1. The van der Waals surface area contributed by atoms with Gasteiger partial charge in [0.05, 0.1) is 10.7 Å². The van der Waals surface area contributed by atoms with Crippen molar-refractivity contribution in [2.24, 2.45) is 11.8 Å². The predicted octanol–water partition coefficient (Wildman–Crippen LogP) is 4.47. The fraction of sp³-hybridized carbons (Fsp3) is 0.833. The second-order valence-electron chi connectivity index (χ2n) is 7.44. The van der Waals surface area contributed by atoms with Crippen LogP contribution in [0.25, 0.3) is 0 Å². The quantitative estimate of drug-likeness (QED) is 0.812. The van der Waals surface area contributed by atoms with Crippen LogP contribution in [0.3, 0.4) is 0 Å². The van der Waals surface area contributed by atoms with Crippen LogP contribution in [0.1, 0.15) is 79.3 Å². The number of hydrogen-bond acceptors (Lipinski definition) is 3. The number of rotatable bonds is 5. The Kier molecular flexibility index (Phi) is 4.06. The van der Waals surface area contributed by atoms with Gasteiger partial charge in [-0.3, -0.25) is 0 Å². The summed E-state index contributed by atoms with van der Waals surface area (Å²) in [4.78, 5) is 6.82. The van der Waals surface area contributed by atoms with Crippen LogP contribution < -0.4 is 5.32 Å². The monoisotopic (exact) mass is 304 g/mol. The van der Waals surface area contributed by atoms with E-state index in [4.69, 9.17) is 4.98 Å². The molecule has 3 aliphatic rings. The van der Waals surface area contributed by atoms with Crippen LogP contribution in [0.2, 0.25) is 0 Å². The minimum Gasteiger partial charge on any atom is -0.316 e. The van der Waals surface area contributed by atoms with Crippen molar-refractivity contribution in [1.82, 2.24) is 10.3 Å². The molecule has 0 saturated heterocycles. The van der Waals surface area contributed by atoms with Crippen LogP contribution in [0, 0.1) is 11.8 Å². The average Bonchev–Trinajstić information content (AvgIpc) is 3.21. The first-order valence-electron chi connectivity index (χ1n) is 9.05. The Labute approximate surface area is 132 Å². The van der Waals surface area contributed by atoms with Crippen LogP contribution in [-0.4, -0.2) is 18.1 Å². The summed E-state index contributed by atoms with van der Waals surface area (Å²) < 4.78 is 0. The fourth-order valence-corrected chi connectivity index (χ4v) is 6.28. The maximum absolute atomic E-state index is 5.19. The fourth-order valence-electron chi connectivity index (χ4n) is 4.88. The van der Waals surface area contributed by atoms with E-state index in [0.29, 0.717) is 5.92 Å². The lowest BCUT2D eigenvalue weighted by Gasteiger charge is -2.21. The summed E-state index contributed by atoms with van der Waals surface area (Å²) >= 11 is 2.08. The molecule has 2 nitrogen and oxygen atoms in total. The molecule has 0 aliphatic heterocycles. The van der Waals surface area contributed by atoms with E-state index < -0.39 is 0 Å². The van der Waals surface area contributed by atoms with Crippen molar-refractivity contribution in [2.75, 3.05) is 13.1 Å². The topological polar surface area (TPSA) is 24.9 Å². The third kappa shape index (κ3) is 2.68. The zero-order valence-corrected chi connectivity index (χ0v) is 14.1. The van der Waals surface area contributed by atoms with Gasteiger partial charge in [-0.05, 0) is 63.3 Å². The van der Waals surface area contributed by atoms with Crippen molar-refractivity contribution >= 4 is 11.3 Å². The lowest BCUT2D eigenvalue weighted by Crippen LogP contribution is -2.25. The molecule has 1 aromatic heterocycles. The Morgan fingerprint density at radius 1 is 1.24 bits per heavy atom. The Hall–Kier alpha value is -0.410. The average molecular weight is 305 g/mol. The third-order valence-corrected chi connectivity index (χ3v) is 7.22. The van der Waals surface area contributed by atoms with Gasteiger partial charge in [-0.2, -0.15) is 0 Å². The van der Waals surface area contributed by atoms with E-state index in [1.807, 2.05) is 0 Å². The third-order valence-electron chi connectivity index (χ3n) is 5.96. The summed E-state index contributed by atoms with van der Waals surface area (Å²) in [6.45, 7) is 4.53. The molecule has 116 valence electrons. The molecular formula is C18H28N2S. The van der Waals surface area contributed by atoms with Crippen molar-refractivity contribution in [3.63, 3.8) is 0 Å². The van der Waals surface area contributed by atoms with Crippen molar-refractivity contribution in [3.8, 4) is 0 Å². The van der Waals surface area contributed by atoms with E-state index in [1.54, 1.807) is 4.88 Å². The van der Waals surface area contributed by atoms with E-state index >= 15 is 0 Å². The van der Waals surface area contributed by atoms with Gasteiger partial charge in [0, 0.05) is 23.3 Å². The number of fused-ring (bicyclic) bond motifs is 3. The summed E-state index contributed by atoms with van der Waals surface area (Å²) in [7, 11) is 0. The minimum absolute atomic E-state index is 0.684. The van der Waals surface area contributed by atoms with Gasteiger partial charge in [-0.1, -0.05) is 13.3 Å².